The van der Waals surface area contributed by atoms with Gasteiger partial charge in [0.2, 0.25) is 5.91 Å². The number of anilines is 1. The van der Waals surface area contributed by atoms with Crippen LogP contribution in [0.3, 0.4) is 0 Å². The first-order chi connectivity index (χ1) is 16.1. The van der Waals surface area contributed by atoms with Crippen molar-refractivity contribution in [2.24, 2.45) is 0 Å². The van der Waals surface area contributed by atoms with Crippen molar-refractivity contribution in [3.05, 3.63) is 94.8 Å². The SMILES string of the molecule is COC(=O)c1ccc(Oc2ccc(NC=C3C=c4ncccc4=C4CC(=O)NC34)cc2)cc1. The molecule has 2 N–H and O–H groups in total. The lowest BCUT2D eigenvalue weighted by atomic mass is 9.94. The number of benzene rings is 2. The van der Waals surface area contributed by atoms with E-state index in [9.17, 15) is 9.59 Å². The number of esters is 1. The second kappa shape index (κ2) is 8.63. The lowest BCUT2D eigenvalue weighted by Gasteiger charge is -2.18. The summed E-state index contributed by atoms with van der Waals surface area (Å²) in [6.45, 7) is 0. The van der Waals surface area contributed by atoms with Crippen LogP contribution in [-0.4, -0.2) is 30.0 Å². The molecule has 1 unspecified atom stereocenters. The molecule has 0 radical (unpaired) electrons. The Labute approximate surface area is 190 Å². The minimum absolute atomic E-state index is 0.0205. The van der Waals surface area contributed by atoms with E-state index in [1.807, 2.05) is 48.7 Å². The number of nitrogens with one attached hydrogen (secondary N) is 2. The second-order valence-corrected chi connectivity index (χ2v) is 7.71. The van der Waals surface area contributed by atoms with Gasteiger partial charge >= 0.3 is 5.97 Å². The van der Waals surface area contributed by atoms with Gasteiger partial charge in [0.15, 0.2) is 0 Å². The molecule has 2 aromatic carbocycles. The zero-order valence-electron chi connectivity index (χ0n) is 17.9. The van der Waals surface area contributed by atoms with Crippen LogP contribution >= 0.6 is 0 Å². The van der Waals surface area contributed by atoms with E-state index < -0.39 is 0 Å². The van der Waals surface area contributed by atoms with Crippen LogP contribution in [0.4, 0.5) is 5.69 Å². The van der Waals surface area contributed by atoms with E-state index in [1.54, 1.807) is 30.5 Å². The lowest BCUT2D eigenvalue weighted by Crippen LogP contribution is -2.40. The first-order valence-corrected chi connectivity index (χ1v) is 10.5. The molecule has 3 aromatic rings. The molecule has 1 aliphatic carbocycles. The maximum atomic E-state index is 12.0. The van der Waals surface area contributed by atoms with Crippen LogP contribution in [-0.2, 0) is 9.53 Å². The van der Waals surface area contributed by atoms with Crippen molar-refractivity contribution in [2.75, 3.05) is 12.4 Å². The van der Waals surface area contributed by atoms with E-state index in [-0.39, 0.29) is 17.9 Å². The van der Waals surface area contributed by atoms with Crippen LogP contribution in [0.15, 0.2) is 78.6 Å². The molecule has 2 aliphatic rings. The van der Waals surface area contributed by atoms with E-state index in [0.717, 1.165) is 27.4 Å². The van der Waals surface area contributed by atoms with Crippen LogP contribution in [0, 0.1) is 0 Å². The van der Waals surface area contributed by atoms with Crippen LogP contribution in [0.1, 0.15) is 16.8 Å². The van der Waals surface area contributed by atoms with Gasteiger partial charge in [-0.2, -0.15) is 0 Å². The molecule has 164 valence electrons. The molecule has 7 heteroatoms. The minimum Gasteiger partial charge on any atom is -0.465 e. The van der Waals surface area contributed by atoms with Gasteiger partial charge in [-0.25, -0.2) is 4.79 Å². The summed E-state index contributed by atoms with van der Waals surface area (Å²) in [6.07, 6.45) is 6.04. The van der Waals surface area contributed by atoms with Crippen molar-refractivity contribution in [1.29, 1.82) is 0 Å². The van der Waals surface area contributed by atoms with Gasteiger partial charge in [-0.3, -0.25) is 9.78 Å². The van der Waals surface area contributed by atoms with Gasteiger partial charge in [0.05, 0.1) is 30.5 Å². The zero-order valence-corrected chi connectivity index (χ0v) is 17.9. The monoisotopic (exact) mass is 439 g/mol. The standard InChI is InChI=1S/C26H21N3O4/c1-32-26(31)16-4-8-19(9-5-16)33-20-10-6-18(7-11-20)28-15-17-13-23-21(3-2-12-27-23)22-14-24(30)29-25(17)22/h2-13,15,25,28H,14H2,1H3,(H,29,30). The number of rotatable bonds is 5. The number of carbonyl (C=O) groups is 2. The molecule has 1 atom stereocenters. The number of hydrogen-bond donors (Lipinski definition) is 2. The molecular formula is C26H21N3O4. The molecule has 0 spiro atoms. The van der Waals surface area contributed by atoms with Gasteiger partial charge in [-0.05, 0) is 71.8 Å². The summed E-state index contributed by atoms with van der Waals surface area (Å²) in [6, 6.07) is 18.0. The normalized spacial score (nSPS) is 17.5. The molecule has 0 saturated carbocycles. The van der Waals surface area contributed by atoms with E-state index in [2.05, 4.69) is 15.6 Å². The summed E-state index contributed by atoms with van der Waals surface area (Å²) in [5, 5.41) is 8.24. The average molecular weight is 439 g/mol. The highest BCUT2D eigenvalue weighted by atomic mass is 16.5. The number of nitrogens with zero attached hydrogens (tertiary/aromatic N) is 1. The molecular weight excluding hydrogens is 418 g/mol. The summed E-state index contributed by atoms with van der Waals surface area (Å²) < 4.78 is 10.5. The van der Waals surface area contributed by atoms with Gasteiger partial charge < -0.3 is 20.1 Å². The third kappa shape index (κ3) is 4.21. The highest BCUT2D eigenvalue weighted by Gasteiger charge is 2.31. The maximum absolute atomic E-state index is 12.0. The Hall–Kier alpha value is -4.39. The molecule has 2 heterocycles. The van der Waals surface area contributed by atoms with Crippen molar-refractivity contribution in [3.8, 4) is 11.5 Å². The summed E-state index contributed by atoms with van der Waals surface area (Å²) in [7, 11) is 1.35. The topological polar surface area (TPSA) is 89.6 Å². The molecule has 1 aliphatic heterocycles. The second-order valence-electron chi connectivity index (χ2n) is 7.71. The third-order valence-electron chi connectivity index (χ3n) is 5.60. The van der Waals surface area contributed by atoms with Gasteiger partial charge in [-0.1, -0.05) is 6.07 Å². The van der Waals surface area contributed by atoms with Crippen molar-refractivity contribution >= 4 is 29.2 Å². The van der Waals surface area contributed by atoms with Crippen molar-refractivity contribution < 1.29 is 19.1 Å². The number of hydrogen-bond acceptors (Lipinski definition) is 6. The average Bonchev–Trinajstić information content (AvgIpc) is 3.25. The number of amides is 1. The predicted octanol–water partition coefficient (Wildman–Crippen LogP) is 2.49. The Kier molecular flexibility index (Phi) is 5.36. The Balaban J connectivity index is 1.30. The van der Waals surface area contributed by atoms with Gasteiger partial charge in [0.1, 0.15) is 11.5 Å². The Bertz CT molecular complexity index is 1380. The fourth-order valence-electron chi connectivity index (χ4n) is 3.98. The highest BCUT2D eigenvalue weighted by Crippen LogP contribution is 2.26. The van der Waals surface area contributed by atoms with E-state index in [1.165, 1.54) is 7.11 Å². The molecule has 1 amide bonds. The van der Waals surface area contributed by atoms with Crippen LogP contribution < -0.4 is 25.9 Å². The predicted molar refractivity (Wildman–Crippen MR) is 124 cm³/mol. The fraction of sp³-hybridized carbons (Fsp3) is 0.115. The van der Waals surface area contributed by atoms with Crippen LogP contribution in [0.2, 0.25) is 0 Å². The third-order valence-corrected chi connectivity index (χ3v) is 5.60. The van der Waals surface area contributed by atoms with Gasteiger partial charge in [-0.15, -0.1) is 0 Å². The first-order valence-electron chi connectivity index (χ1n) is 10.5. The van der Waals surface area contributed by atoms with Crippen LogP contribution in [0.5, 0.6) is 11.5 Å². The molecule has 0 bridgehead atoms. The maximum Gasteiger partial charge on any atom is 0.337 e. The molecule has 7 nitrogen and oxygen atoms in total. The molecule has 5 rings (SSSR count). The van der Waals surface area contributed by atoms with E-state index >= 15 is 0 Å². The Morgan fingerprint density at radius 3 is 2.55 bits per heavy atom. The number of carbonyl (C=O) groups excluding carboxylic acids is 2. The summed E-state index contributed by atoms with van der Waals surface area (Å²) in [5.41, 5.74) is 3.35. The fourth-order valence-corrected chi connectivity index (χ4v) is 3.98. The minimum atomic E-state index is -0.387. The van der Waals surface area contributed by atoms with Crippen molar-refractivity contribution in [2.45, 2.75) is 12.5 Å². The molecule has 33 heavy (non-hydrogen) atoms. The number of pyridine rings is 1. The highest BCUT2D eigenvalue weighted by molar-refractivity contribution is 5.95. The molecule has 1 saturated heterocycles. The Morgan fingerprint density at radius 2 is 1.82 bits per heavy atom. The molecule has 1 fully saturated rings. The summed E-state index contributed by atoms with van der Waals surface area (Å²) >= 11 is 0. The Morgan fingerprint density at radius 1 is 1.09 bits per heavy atom. The van der Waals surface area contributed by atoms with Crippen molar-refractivity contribution in [1.82, 2.24) is 10.3 Å². The lowest BCUT2D eigenvalue weighted by molar-refractivity contribution is -0.119. The summed E-state index contributed by atoms with van der Waals surface area (Å²) in [4.78, 5) is 28.0. The summed E-state index contributed by atoms with van der Waals surface area (Å²) in [5.74, 6) is 0.920. The van der Waals surface area contributed by atoms with Crippen LogP contribution in [0.25, 0.3) is 11.6 Å². The zero-order chi connectivity index (χ0) is 22.8. The van der Waals surface area contributed by atoms with Gasteiger partial charge in [0.25, 0.3) is 0 Å². The number of aromatic nitrogens is 1. The largest absolute Gasteiger partial charge is 0.465 e. The van der Waals surface area contributed by atoms with Crippen molar-refractivity contribution in [3.63, 3.8) is 0 Å². The number of fused-ring (bicyclic) bond motifs is 2. The van der Waals surface area contributed by atoms with E-state index in [0.29, 0.717) is 23.5 Å². The first kappa shape index (κ1) is 20.5. The van der Waals surface area contributed by atoms with Gasteiger partial charge in [0, 0.05) is 23.3 Å². The number of ether oxygens (including phenoxy) is 2. The number of methoxy groups -OCH3 is 1. The smallest absolute Gasteiger partial charge is 0.337 e. The van der Waals surface area contributed by atoms with E-state index in [4.69, 9.17) is 9.47 Å². The quantitative estimate of drug-likeness (QED) is 0.594. The molecule has 1 aromatic heterocycles.